The highest BCUT2D eigenvalue weighted by Gasteiger charge is 2.51. The van der Waals surface area contributed by atoms with Gasteiger partial charge in [-0.05, 0) is 30.5 Å². The van der Waals surface area contributed by atoms with Gasteiger partial charge in [0.15, 0.2) is 0 Å². The molecule has 3 N–H and O–H groups in total. The molecule has 2 fully saturated rings. The normalized spacial score (nSPS) is 20.3. The molecule has 1 saturated heterocycles. The summed E-state index contributed by atoms with van der Waals surface area (Å²) in [5.74, 6) is -0.626. The minimum atomic E-state index is -0.692. The van der Waals surface area contributed by atoms with E-state index >= 15 is 0 Å². The van der Waals surface area contributed by atoms with Gasteiger partial charge >= 0.3 is 6.03 Å². The third-order valence-corrected chi connectivity index (χ3v) is 4.53. The van der Waals surface area contributed by atoms with E-state index in [0.717, 1.165) is 24.8 Å². The average molecular weight is 301 g/mol. The van der Waals surface area contributed by atoms with Gasteiger partial charge in [0.25, 0.3) is 5.91 Å². The van der Waals surface area contributed by atoms with Gasteiger partial charge in [0, 0.05) is 5.56 Å². The maximum Gasteiger partial charge on any atom is 0.325 e. The third-order valence-electron chi connectivity index (χ3n) is 4.53. The van der Waals surface area contributed by atoms with Gasteiger partial charge in [-0.25, -0.2) is 4.79 Å². The first-order valence-corrected chi connectivity index (χ1v) is 7.55. The van der Waals surface area contributed by atoms with Crippen molar-refractivity contribution in [3.63, 3.8) is 0 Å². The lowest BCUT2D eigenvalue weighted by Gasteiger charge is -2.30. The number of carbonyl (C=O) groups excluding carboxylic acids is 3. The van der Waals surface area contributed by atoms with E-state index in [0.29, 0.717) is 18.4 Å². The van der Waals surface area contributed by atoms with Crippen molar-refractivity contribution >= 4 is 17.8 Å². The van der Waals surface area contributed by atoms with Crippen LogP contribution in [0.5, 0.6) is 0 Å². The van der Waals surface area contributed by atoms with Crippen LogP contribution in [0.2, 0.25) is 0 Å². The molecule has 3 rings (SSSR count). The molecule has 1 aliphatic heterocycles. The van der Waals surface area contributed by atoms with E-state index in [-0.39, 0.29) is 18.5 Å². The van der Waals surface area contributed by atoms with Crippen LogP contribution in [0.15, 0.2) is 24.3 Å². The zero-order valence-electron chi connectivity index (χ0n) is 12.3. The number of carbonyl (C=O) groups is 3. The Labute approximate surface area is 128 Å². The lowest BCUT2D eigenvalue weighted by atomic mass is 9.82. The summed E-state index contributed by atoms with van der Waals surface area (Å²) in [6, 6.07) is 6.31. The Kier molecular flexibility index (Phi) is 3.60. The minimum absolute atomic E-state index is 0.129. The highest BCUT2D eigenvalue weighted by molar-refractivity contribution is 6.07. The zero-order valence-corrected chi connectivity index (χ0v) is 12.3. The lowest BCUT2D eigenvalue weighted by Crippen LogP contribution is -2.48. The smallest absolute Gasteiger partial charge is 0.325 e. The summed E-state index contributed by atoms with van der Waals surface area (Å²) in [6.45, 7) is 0.214. The number of hydrogen-bond acceptors (Lipinski definition) is 3. The molecule has 1 saturated carbocycles. The van der Waals surface area contributed by atoms with Gasteiger partial charge < -0.3 is 11.1 Å². The van der Waals surface area contributed by atoms with Crippen LogP contribution in [0.25, 0.3) is 0 Å². The minimum Gasteiger partial charge on any atom is -0.366 e. The van der Waals surface area contributed by atoms with E-state index < -0.39 is 11.4 Å². The standard InChI is InChI=1S/C16H19N3O3/c17-13(20)12-6-4-11(5-7-12)10-19-14(21)16(18-15(19)22)8-2-1-3-9-16/h4-7H,1-3,8-10H2,(H2,17,20)(H,18,22). The molecule has 22 heavy (non-hydrogen) atoms. The monoisotopic (exact) mass is 301 g/mol. The summed E-state index contributed by atoms with van der Waals surface area (Å²) in [5, 5.41) is 2.88. The Bertz CT molecular complexity index is 618. The summed E-state index contributed by atoms with van der Waals surface area (Å²) >= 11 is 0. The second-order valence-electron chi connectivity index (χ2n) is 6.03. The predicted octanol–water partition coefficient (Wildman–Crippen LogP) is 1.54. The SMILES string of the molecule is NC(=O)c1ccc(CN2C(=O)NC3(CCCCC3)C2=O)cc1. The fourth-order valence-corrected chi connectivity index (χ4v) is 3.27. The number of nitrogens with one attached hydrogen (secondary N) is 1. The number of benzene rings is 1. The Hall–Kier alpha value is -2.37. The second-order valence-corrected chi connectivity index (χ2v) is 6.03. The molecule has 1 spiro atoms. The first kappa shape index (κ1) is 14.6. The van der Waals surface area contributed by atoms with Crippen molar-refractivity contribution in [2.45, 2.75) is 44.2 Å². The van der Waals surface area contributed by atoms with Crippen molar-refractivity contribution in [3.8, 4) is 0 Å². The Morgan fingerprint density at radius 1 is 1.14 bits per heavy atom. The van der Waals surface area contributed by atoms with Gasteiger partial charge in [-0.1, -0.05) is 31.4 Å². The van der Waals surface area contributed by atoms with E-state index in [1.807, 2.05) is 0 Å². The number of rotatable bonds is 3. The topological polar surface area (TPSA) is 92.5 Å². The summed E-state index contributed by atoms with van der Waals surface area (Å²) in [4.78, 5) is 37.1. The van der Waals surface area contributed by atoms with Crippen LogP contribution >= 0.6 is 0 Å². The van der Waals surface area contributed by atoms with Crippen molar-refractivity contribution in [2.75, 3.05) is 0 Å². The predicted molar refractivity (Wildman–Crippen MR) is 79.9 cm³/mol. The summed E-state index contributed by atoms with van der Waals surface area (Å²) in [5.41, 5.74) is 5.71. The molecule has 0 bridgehead atoms. The molecule has 116 valence electrons. The summed E-state index contributed by atoms with van der Waals surface area (Å²) in [7, 11) is 0. The average Bonchev–Trinajstić information content (AvgIpc) is 2.73. The fraction of sp³-hybridized carbons (Fsp3) is 0.438. The summed E-state index contributed by atoms with van der Waals surface area (Å²) in [6.07, 6.45) is 4.48. The maximum atomic E-state index is 12.6. The molecule has 0 aromatic heterocycles. The van der Waals surface area contributed by atoms with Gasteiger partial charge in [-0.15, -0.1) is 0 Å². The molecule has 6 heteroatoms. The van der Waals surface area contributed by atoms with E-state index in [1.165, 1.54) is 4.90 Å². The third kappa shape index (κ3) is 2.45. The van der Waals surface area contributed by atoms with E-state index in [4.69, 9.17) is 5.73 Å². The number of imide groups is 1. The van der Waals surface area contributed by atoms with E-state index in [1.54, 1.807) is 24.3 Å². The highest BCUT2D eigenvalue weighted by Crippen LogP contribution is 2.34. The number of primary amides is 1. The molecule has 0 atom stereocenters. The number of hydrogen-bond donors (Lipinski definition) is 2. The molecule has 1 heterocycles. The molecule has 0 unspecified atom stereocenters. The molecule has 1 aromatic rings. The largest absolute Gasteiger partial charge is 0.366 e. The highest BCUT2D eigenvalue weighted by atomic mass is 16.2. The van der Waals surface area contributed by atoms with Gasteiger partial charge in [-0.2, -0.15) is 0 Å². The summed E-state index contributed by atoms with van der Waals surface area (Å²) < 4.78 is 0. The molecule has 1 aromatic carbocycles. The quantitative estimate of drug-likeness (QED) is 0.829. The van der Waals surface area contributed by atoms with Crippen LogP contribution in [0, 0.1) is 0 Å². The Morgan fingerprint density at radius 2 is 1.77 bits per heavy atom. The lowest BCUT2D eigenvalue weighted by molar-refractivity contribution is -0.132. The molecular weight excluding hydrogens is 282 g/mol. The van der Waals surface area contributed by atoms with Crippen LogP contribution in [-0.2, 0) is 11.3 Å². The first-order chi connectivity index (χ1) is 10.5. The number of nitrogens with two attached hydrogens (primary N) is 1. The Balaban J connectivity index is 1.76. The van der Waals surface area contributed by atoms with Gasteiger partial charge in [-0.3, -0.25) is 14.5 Å². The van der Waals surface area contributed by atoms with E-state index in [9.17, 15) is 14.4 Å². The molecular formula is C16H19N3O3. The molecule has 2 aliphatic rings. The van der Waals surface area contributed by atoms with Crippen molar-refractivity contribution in [3.05, 3.63) is 35.4 Å². The molecule has 0 radical (unpaired) electrons. The Morgan fingerprint density at radius 3 is 2.36 bits per heavy atom. The molecule has 1 aliphatic carbocycles. The second kappa shape index (κ2) is 5.44. The number of amides is 4. The number of nitrogens with zero attached hydrogens (tertiary/aromatic N) is 1. The van der Waals surface area contributed by atoms with Crippen LogP contribution in [0.3, 0.4) is 0 Å². The zero-order chi connectivity index (χ0) is 15.7. The van der Waals surface area contributed by atoms with Gasteiger partial charge in [0.1, 0.15) is 5.54 Å². The van der Waals surface area contributed by atoms with Gasteiger partial charge in [0.2, 0.25) is 5.91 Å². The van der Waals surface area contributed by atoms with Crippen LogP contribution in [0.4, 0.5) is 4.79 Å². The van der Waals surface area contributed by atoms with E-state index in [2.05, 4.69) is 5.32 Å². The van der Waals surface area contributed by atoms with Crippen molar-refractivity contribution in [2.24, 2.45) is 5.73 Å². The van der Waals surface area contributed by atoms with Crippen molar-refractivity contribution in [1.82, 2.24) is 10.2 Å². The van der Waals surface area contributed by atoms with Crippen molar-refractivity contribution in [1.29, 1.82) is 0 Å². The maximum absolute atomic E-state index is 12.6. The van der Waals surface area contributed by atoms with Gasteiger partial charge in [0.05, 0.1) is 6.54 Å². The molecule has 4 amide bonds. The van der Waals surface area contributed by atoms with Crippen molar-refractivity contribution < 1.29 is 14.4 Å². The molecule has 6 nitrogen and oxygen atoms in total. The number of urea groups is 1. The van der Waals surface area contributed by atoms with Crippen LogP contribution in [-0.4, -0.2) is 28.3 Å². The van der Waals surface area contributed by atoms with Crippen LogP contribution < -0.4 is 11.1 Å². The first-order valence-electron chi connectivity index (χ1n) is 7.55. The van der Waals surface area contributed by atoms with Crippen LogP contribution in [0.1, 0.15) is 48.0 Å². The fourth-order valence-electron chi connectivity index (χ4n) is 3.27.